The quantitative estimate of drug-likeness (QED) is 0.685. The molecular weight excluding hydrogens is 324 g/mol. The summed E-state index contributed by atoms with van der Waals surface area (Å²) in [7, 11) is 0. The van der Waals surface area contributed by atoms with Gasteiger partial charge in [-0.3, -0.25) is 0 Å². The Hall–Kier alpha value is -2.08. The first kappa shape index (κ1) is 16.8. The lowest BCUT2D eigenvalue weighted by Gasteiger charge is -2.31. The summed E-state index contributed by atoms with van der Waals surface area (Å²) >= 11 is 5.98. The summed E-state index contributed by atoms with van der Waals surface area (Å²) in [6.45, 7) is 6.63. The Morgan fingerprint density at radius 2 is 2.29 bits per heavy atom. The fourth-order valence-electron chi connectivity index (χ4n) is 2.97. The van der Waals surface area contributed by atoms with Crippen LogP contribution in [0.25, 0.3) is 5.82 Å². The zero-order valence-corrected chi connectivity index (χ0v) is 14.9. The predicted molar refractivity (Wildman–Crippen MR) is 96.4 cm³/mol. The van der Waals surface area contributed by atoms with E-state index in [0.29, 0.717) is 23.4 Å². The maximum atomic E-state index is 6.19. The van der Waals surface area contributed by atoms with Crippen molar-refractivity contribution in [2.45, 2.75) is 33.2 Å². The number of halogens is 1. The molecule has 0 aromatic carbocycles. The third-order valence-corrected chi connectivity index (χ3v) is 4.45. The number of hydrogen-bond acceptors (Lipinski definition) is 3. The molecule has 128 valence electrons. The van der Waals surface area contributed by atoms with Gasteiger partial charge in [-0.2, -0.15) is 5.10 Å². The van der Waals surface area contributed by atoms with Crippen molar-refractivity contribution in [3.8, 4) is 5.82 Å². The molecule has 1 unspecified atom stereocenters. The Bertz CT molecular complexity index is 738. The molecule has 2 aromatic rings. The Kier molecular flexibility index (Phi) is 5.04. The minimum atomic E-state index is 0.469. The lowest BCUT2D eigenvalue weighted by Crippen LogP contribution is -2.43. The van der Waals surface area contributed by atoms with Gasteiger partial charge in [0.25, 0.3) is 0 Å². The van der Waals surface area contributed by atoms with Gasteiger partial charge in [-0.15, -0.1) is 0 Å². The Morgan fingerprint density at radius 1 is 1.46 bits per heavy atom. The van der Waals surface area contributed by atoms with Crippen LogP contribution >= 0.6 is 11.6 Å². The summed E-state index contributed by atoms with van der Waals surface area (Å²) in [5.74, 6) is 2.01. The molecule has 1 saturated heterocycles. The molecule has 1 aliphatic heterocycles. The minimum Gasteiger partial charge on any atom is -0.370 e. The number of aliphatic imine (C=N–C) groups is 1. The van der Waals surface area contributed by atoms with Crippen LogP contribution in [0.1, 0.15) is 31.0 Å². The van der Waals surface area contributed by atoms with E-state index < -0.39 is 0 Å². The van der Waals surface area contributed by atoms with E-state index in [1.54, 1.807) is 17.1 Å². The van der Waals surface area contributed by atoms with Gasteiger partial charge >= 0.3 is 0 Å². The Morgan fingerprint density at radius 3 is 3.00 bits per heavy atom. The molecule has 0 aliphatic carbocycles. The van der Waals surface area contributed by atoms with Gasteiger partial charge in [0.15, 0.2) is 11.8 Å². The second kappa shape index (κ2) is 7.21. The molecule has 24 heavy (non-hydrogen) atoms. The zero-order valence-electron chi connectivity index (χ0n) is 14.1. The molecule has 0 spiro atoms. The first-order valence-electron chi connectivity index (χ1n) is 8.25. The highest BCUT2D eigenvalue weighted by molar-refractivity contribution is 6.30. The van der Waals surface area contributed by atoms with Crippen LogP contribution < -0.4 is 5.73 Å². The average Bonchev–Trinajstić information content (AvgIpc) is 2.99. The maximum absolute atomic E-state index is 6.19. The van der Waals surface area contributed by atoms with Crippen LogP contribution in [0.15, 0.2) is 29.5 Å². The van der Waals surface area contributed by atoms with Gasteiger partial charge in [-0.25, -0.2) is 14.7 Å². The van der Waals surface area contributed by atoms with Crippen LogP contribution in [0.5, 0.6) is 0 Å². The lowest BCUT2D eigenvalue weighted by molar-refractivity contribution is 0.270. The normalized spacial score (nSPS) is 18.9. The van der Waals surface area contributed by atoms with Crippen molar-refractivity contribution in [1.29, 1.82) is 0 Å². The van der Waals surface area contributed by atoms with Gasteiger partial charge < -0.3 is 10.6 Å². The molecule has 1 atom stereocenters. The molecule has 6 nitrogen and oxygen atoms in total. The summed E-state index contributed by atoms with van der Waals surface area (Å²) < 4.78 is 1.68. The van der Waals surface area contributed by atoms with Gasteiger partial charge in [-0.05, 0) is 31.7 Å². The number of pyridine rings is 1. The molecule has 3 heterocycles. The highest BCUT2D eigenvalue weighted by Crippen LogP contribution is 2.18. The number of guanidine groups is 1. The van der Waals surface area contributed by atoms with Crippen LogP contribution in [-0.4, -0.2) is 38.7 Å². The SMILES string of the molecule is Cc1ccc(CN=C(N)N2CCCC(C)C2)c(-n2cc(Cl)cn2)n1. The molecule has 7 heteroatoms. The molecule has 1 aliphatic rings. The van der Waals surface area contributed by atoms with E-state index in [0.717, 1.165) is 30.2 Å². The fourth-order valence-corrected chi connectivity index (χ4v) is 3.11. The second-order valence-corrected chi connectivity index (χ2v) is 6.84. The highest BCUT2D eigenvalue weighted by Gasteiger charge is 2.17. The van der Waals surface area contributed by atoms with Crippen molar-refractivity contribution in [2.75, 3.05) is 13.1 Å². The van der Waals surface area contributed by atoms with E-state index in [1.165, 1.54) is 12.8 Å². The molecule has 1 fully saturated rings. The van der Waals surface area contributed by atoms with Gasteiger partial charge in [0.2, 0.25) is 0 Å². The van der Waals surface area contributed by atoms with E-state index in [2.05, 4.69) is 26.9 Å². The third-order valence-electron chi connectivity index (χ3n) is 4.26. The van der Waals surface area contributed by atoms with E-state index in [4.69, 9.17) is 17.3 Å². The summed E-state index contributed by atoms with van der Waals surface area (Å²) in [6, 6.07) is 3.99. The van der Waals surface area contributed by atoms with E-state index >= 15 is 0 Å². The van der Waals surface area contributed by atoms with Crippen molar-refractivity contribution in [1.82, 2.24) is 19.7 Å². The van der Waals surface area contributed by atoms with Crippen molar-refractivity contribution < 1.29 is 0 Å². The van der Waals surface area contributed by atoms with Crippen LogP contribution in [-0.2, 0) is 6.54 Å². The van der Waals surface area contributed by atoms with Gasteiger partial charge in [0, 0.05) is 24.3 Å². The number of nitrogens with two attached hydrogens (primary N) is 1. The lowest BCUT2D eigenvalue weighted by atomic mass is 10.0. The highest BCUT2D eigenvalue weighted by atomic mass is 35.5. The molecule has 3 rings (SSSR count). The maximum Gasteiger partial charge on any atom is 0.191 e. The van der Waals surface area contributed by atoms with Crippen LogP contribution in [0.2, 0.25) is 5.02 Å². The van der Waals surface area contributed by atoms with Crippen LogP contribution in [0.3, 0.4) is 0 Å². The number of likely N-dealkylation sites (tertiary alicyclic amines) is 1. The molecule has 0 saturated carbocycles. The van der Waals surface area contributed by atoms with Crippen molar-refractivity contribution >= 4 is 17.6 Å². The number of piperidine rings is 1. The van der Waals surface area contributed by atoms with Gasteiger partial charge in [0.05, 0.1) is 24.0 Å². The number of rotatable bonds is 3. The molecule has 2 N–H and O–H groups in total. The second-order valence-electron chi connectivity index (χ2n) is 6.41. The standard InChI is InChI=1S/C17H23ClN6/c1-12-4-3-7-23(10-12)17(19)20-8-14-6-5-13(2)22-16(14)24-11-15(18)9-21-24/h5-6,9,11-12H,3-4,7-8,10H2,1-2H3,(H2,19,20). The Labute approximate surface area is 147 Å². The Balaban J connectivity index is 1.81. The first-order chi connectivity index (χ1) is 11.5. The molecule has 0 bridgehead atoms. The van der Waals surface area contributed by atoms with Crippen LogP contribution in [0, 0.1) is 12.8 Å². The summed E-state index contributed by atoms with van der Waals surface area (Å²) in [5.41, 5.74) is 8.08. The molecule has 0 radical (unpaired) electrons. The molecule has 2 aromatic heterocycles. The van der Waals surface area contributed by atoms with Crippen molar-refractivity contribution in [3.05, 3.63) is 40.8 Å². The van der Waals surface area contributed by atoms with Crippen LogP contribution in [0.4, 0.5) is 0 Å². The number of nitrogens with zero attached hydrogens (tertiary/aromatic N) is 5. The molecular formula is C17H23ClN6. The number of aromatic nitrogens is 3. The molecule has 0 amide bonds. The van der Waals surface area contributed by atoms with E-state index in [-0.39, 0.29) is 0 Å². The average molecular weight is 347 g/mol. The minimum absolute atomic E-state index is 0.469. The summed E-state index contributed by atoms with van der Waals surface area (Å²) in [6.07, 6.45) is 5.77. The zero-order chi connectivity index (χ0) is 17.1. The predicted octanol–water partition coefficient (Wildman–Crippen LogP) is 2.78. The number of aryl methyl sites for hydroxylation is 1. The van der Waals surface area contributed by atoms with Crippen molar-refractivity contribution in [3.63, 3.8) is 0 Å². The number of hydrogen-bond donors (Lipinski definition) is 1. The van der Waals surface area contributed by atoms with E-state index in [9.17, 15) is 0 Å². The summed E-state index contributed by atoms with van der Waals surface area (Å²) in [5, 5.41) is 4.83. The van der Waals surface area contributed by atoms with Gasteiger partial charge in [-0.1, -0.05) is 24.6 Å². The fraction of sp³-hybridized carbons (Fsp3) is 0.471. The van der Waals surface area contributed by atoms with E-state index in [1.807, 2.05) is 19.1 Å². The smallest absolute Gasteiger partial charge is 0.191 e. The first-order valence-corrected chi connectivity index (χ1v) is 8.62. The third kappa shape index (κ3) is 3.87. The largest absolute Gasteiger partial charge is 0.370 e. The van der Waals surface area contributed by atoms with Crippen molar-refractivity contribution in [2.24, 2.45) is 16.6 Å². The summed E-state index contributed by atoms with van der Waals surface area (Å²) in [4.78, 5) is 11.3. The topological polar surface area (TPSA) is 72.3 Å². The monoisotopic (exact) mass is 346 g/mol. The van der Waals surface area contributed by atoms with Gasteiger partial charge in [0.1, 0.15) is 0 Å².